The van der Waals surface area contributed by atoms with Crippen molar-refractivity contribution in [1.82, 2.24) is 9.55 Å². The van der Waals surface area contributed by atoms with E-state index in [1.165, 1.54) is 6.07 Å². The summed E-state index contributed by atoms with van der Waals surface area (Å²) < 4.78 is 22.0. The molecule has 3 aromatic rings. The summed E-state index contributed by atoms with van der Waals surface area (Å²) in [6, 6.07) is 12.5. The monoisotopic (exact) mass is 527 g/mol. The average Bonchev–Trinajstić information content (AvgIpc) is 3.15. The molecule has 0 unspecified atom stereocenters. The lowest BCUT2D eigenvalue weighted by Gasteiger charge is -2.14. The van der Waals surface area contributed by atoms with Gasteiger partial charge in [0.2, 0.25) is 5.95 Å². The van der Waals surface area contributed by atoms with Gasteiger partial charge in [-0.2, -0.15) is 0 Å². The number of carboxylic acid groups (broad SMARTS) is 2. The van der Waals surface area contributed by atoms with Crippen LogP contribution in [0.5, 0.6) is 0 Å². The number of anilines is 1. The number of benzene rings is 2. The van der Waals surface area contributed by atoms with Crippen LogP contribution in [-0.4, -0.2) is 45.4 Å². The van der Waals surface area contributed by atoms with Crippen LogP contribution in [0.1, 0.15) is 5.56 Å². The second-order valence-electron chi connectivity index (χ2n) is 6.28. The third kappa shape index (κ3) is 7.04. The summed E-state index contributed by atoms with van der Waals surface area (Å²) in [5.74, 6) is -3.26. The number of aromatic nitrogens is 2. The molecule has 0 atom stereocenters. The Balaban J connectivity index is 0.000000534. The van der Waals surface area contributed by atoms with Crippen molar-refractivity contribution in [1.29, 1.82) is 0 Å². The minimum absolute atomic E-state index is 0.264. The van der Waals surface area contributed by atoms with Gasteiger partial charge in [-0.3, -0.25) is 0 Å². The first-order chi connectivity index (χ1) is 15.2. The molecule has 3 N–H and O–H groups in total. The van der Waals surface area contributed by atoms with Crippen molar-refractivity contribution in [3.63, 3.8) is 0 Å². The number of hydrogen-bond acceptors (Lipinski definition) is 5. The number of halogens is 3. The quantitative estimate of drug-likeness (QED) is 0.386. The molecule has 0 radical (unpaired) electrons. The zero-order valence-electron chi connectivity index (χ0n) is 16.9. The molecule has 0 fully saturated rings. The zero-order valence-corrected chi connectivity index (χ0v) is 19.2. The van der Waals surface area contributed by atoms with Crippen molar-refractivity contribution in [2.45, 2.75) is 13.1 Å². The first-order valence-corrected chi connectivity index (χ1v) is 10.3. The summed E-state index contributed by atoms with van der Waals surface area (Å²) in [5.41, 5.74) is 2.49. The van der Waals surface area contributed by atoms with Crippen LogP contribution in [0.2, 0.25) is 5.02 Å². The number of hydrogen-bond donors (Lipinski definition) is 3. The van der Waals surface area contributed by atoms with Crippen LogP contribution in [0, 0.1) is 5.82 Å². The van der Waals surface area contributed by atoms with Gasteiger partial charge in [-0.25, -0.2) is 19.0 Å². The second-order valence-corrected chi connectivity index (χ2v) is 7.57. The van der Waals surface area contributed by atoms with Crippen molar-refractivity contribution < 1.29 is 28.9 Å². The Kier molecular flexibility index (Phi) is 9.63. The number of methoxy groups -OCH3 is 1. The van der Waals surface area contributed by atoms with Gasteiger partial charge in [-0.1, -0.05) is 45.7 Å². The molecule has 170 valence electrons. The van der Waals surface area contributed by atoms with Crippen LogP contribution in [-0.2, 0) is 27.4 Å². The lowest BCUT2D eigenvalue weighted by Crippen LogP contribution is -2.12. The maximum atomic E-state index is 14.0. The molecule has 1 aromatic heterocycles. The highest BCUT2D eigenvalue weighted by Gasteiger charge is 2.13. The SMILES string of the molecule is COCCn1c(-c2ccc(Cl)cc2)cnc1NCc1c(F)cccc1Br.O=C(O)C(=O)O. The van der Waals surface area contributed by atoms with E-state index in [1.54, 1.807) is 19.4 Å². The van der Waals surface area contributed by atoms with Crippen LogP contribution in [0.25, 0.3) is 11.3 Å². The molecule has 3 rings (SSSR count). The molecule has 11 heteroatoms. The van der Waals surface area contributed by atoms with Crippen molar-refractivity contribution >= 4 is 45.4 Å². The predicted molar refractivity (Wildman–Crippen MR) is 121 cm³/mol. The maximum Gasteiger partial charge on any atom is 0.414 e. The van der Waals surface area contributed by atoms with Crippen molar-refractivity contribution in [3.05, 3.63) is 69.5 Å². The first kappa shape index (κ1) is 25.3. The molecule has 1 heterocycles. The van der Waals surface area contributed by atoms with Crippen molar-refractivity contribution in [2.24, 2.45) is 0 Å². The zero-order chi connectivity index (χ0) is 23.7. The summed E-state index contributed by atoms with van der Waals surface area (Å²) in [5, 5.41) is 18.7. The van der Waals surface area contributed by atoms with Crippen LogP contribution in [0.3, 0.4) is 0 Å². The van der Waals surface area contributed by atoms with E-state index in [0.29, 0.717) is 36.2 Å². The highest BCUT2D eigenvalue weighted by Crippen LogP contribution is 2.26. The summed E-state index contributed by atoms with van der Waals surface area (Å²) in [6.45, 7) is 1.47. The van der Waals surface area contributed by atoms with E-state index >= 15 is 0 Å². The van der Waals surface area contributed by atoms with Gasteiger partial charge in [0.15, 0.2) is 0 Å². The van der Waals surface area contributed by atoms with Gasteiger partial charge in [-0.15, -0.1) is 0 Å². The van der Waals surface area contributed by atoms with Gasteiger partial charge in [0.1, 0.15) is 5.82 Å². The number of ether oxygens (including phenoxy) is 1. The topological polar surface area (TPSA) is 114 Å². The predicted octanol–water partition coefficient (Wildman–Crippen LogP) is 4.52. The number of aliphatic carboxylic acids is 2. The number of nitrogens with one attached hydrogen (secondary N) is 1. The number of rotatable bonds is 7. The van der Waals surface area contributed by atoms with Gasteiger partial charge in [0.25, 0.3) is 0 Å². The van der Waals surface area contributed by atoms with E-state index in [0.717, 1.165) is 15.7 Å². The van der Waals surface area contributed by atoms with Crippen molar-refractivity contribution in [2.75, 3.05) is 19.0 Å². The fourth-order valence-corrected chi connectivity index (χ4v) is 3.25. The van der Waals surface area contributed by atoms with E-state index in [2.05, 4.69) is 26.2 Å². The third-order valence-corrected chi connectivity index (χ3v) is 5.18. The fraction of sp³-hybridized carbons (Fsp3) is 0.190. The van der Waals surface area contributed by atoms with Gasteiger partial charge >= 0.3 is 11.9 Å². The second kappa shape index (κ2) is 12.2. The summed E-state index contributed by atoms with van der Waals surface area (Å²) in [4.78, 5) is 22.7. The molecule has 2 aromatic carbocycles. The molecule has 32 heavy (non-hydrogen) atoms. The van der Waals surface area contributed by atoms with E-state index < -0.39 is 11.9 Å². The van der Waals surface area contributed by atoms with Crippen LogP contribution in [0.15, 0.2) is 53.1 Å². The third-order valence-electron chi connectivity index (χ3n) is 4.18. The smallest absolute Gasteiger partial charge is 0.414 e. The molecule has 8 nitrogen and oxygen atoms in total. The Hall–Kier alpha value is -2.95. The Morgan fingerprint density at radius 3 is 2.41 bits per heavy atom. The highest BCUT2D eigenvalue weighted by molar-refractivity contribution is 9.10. The Morgan fingerprint density at radius 1 is 1.19 bits per heavy atom. The minimum Gasteiger partial charge on any atom is -0.473 e. The first-order valence-electron chi connectivity index (χ1n) is 9.18. The summed E-state index contributed by atoms with van der Waals surface area (Å²) in [7, 11) is 1.66. The van der Waals surface area contributed by atoms with Crippen LogP contribution >= 0.6 is 27.5 Å². The molecule has 0 saturated carbocycles. The van der Waals surface area contributed by atoms with Crippen molar-refractivity contribution in [3.8, 4) is 11.3 Å². The van der Waals surface area contributed by atoms with E-state index in [9.17, 15) is 4.39 Å². The number of carboxylic acids is 2. The van der Waals surface area contributed by atoms with Gasteiger partial charge in [0.05, 0.1) is 18.5 Å². The Bertz CT molecular complexity index is 1040. The highest BCUT2D eigenvalue weighted by atomic mass is 79.9. The average molecular weight is 529 g/mol. The Labute approximate surface area is 196 Å². The summed E-state index contributed by atoms with van der Waals surface area (Å²) in [6.07, 6.45) is 1.79. The largest absolute Gasteiger partial charge is 0.473 e. The lowest BCUT2D eigenvalue weighted by atomic mass is 10.2. The number of nitrogens with zero attached hydrogens (tertiary/aromatic N) is 2. The summed E-state index contributed by atoms with van der Waals surface area (Å²) >= 11 is 9.37. The molecular formula is C21H20BrClFN3O5. The van der Waals surface area contributed by atoms with E-state index in [1.807, 2.05) is 34.9 Å². The minimum atomic E-state index is -1.82. The molecule has 0 amide bonds. The van der Waals surface area contributed by atoms with Crippen LogP contribution < -0.4 is 5.32 Å². The molecular weight excluding hydrogens is 509 g/mol. The standard InChI is InChI=1S/C19H18BrClFN3O.C2H2O4/c1-26-10-9-25-18(13-5-7-14(21)8-6-13)12-24-19(25)23-11-15-16(20)3-2-4-17(15)22;3-1(4)2(5)6/h2-8,12H,9-11H2,1H3,(H,23,24);(H,3,4)(H,5,6). The van der Waals surface area contributed by atoms with E-state index in [-0.39, 0.29) is 5.82 Å². The fourth-order valence-electron chi connectivity index (χ4n) is 2.65. The molecule has 0 bridgehead atoms. The molecule has 0 aliphatic heterocycles. The van der Waals surface area contributed by atoms with Crippen LogP contribution in [0.4, 0.5) is 10.3 Å². The molecule has 0 saturated heterocycles. The molecule has 0 aliphatic carbocycles. The number of imidazole rings is 1. The van der Waals surface area contributed by atoms with Gasteiger partial charge < -0.3 is 24.8 Å². The van der Waals surface area contributed by atoms with E-state index in [4.69, 9.17) is 36.1 Å². The number of carbonyl (C=O) groups is 2. The molecule has 0 aliphatic rings. The van der Waals surface area contributed by atoms with Gasteiger partial charge in [0, 0.05) is 35.3 Å². The van der Waals surface area contributed by atoms with Gasteiger partial charge in [-0.05, 0) is 29.8 Å². The molecule has 0 spiro atoms. The maximum absolute atomic E-state index is 14.0. The Morgan fingerprint density at radius 2 is 1.84 bits per heavy atom. The lowest BCUT2D eigenvalue weighted by molar-refractivity contribution is -0.159. The normalized spacial score (nSPS) is 10.2.